The van der Waals surface area contributed by atoms with Crippen molar-refractivity contribution >= 4 is 10.1 Å². The molecule has 116 valence electrons. The Morgan fingerprint density at radius 2 is 1.48 bits per heavy atom. The fraction of sp³-hybridized carbons (Fsp3) is 0.0588. The van der Waals surface area contributed by atoms with Crippen LogP contribution in [0.2, 0.25) is 0 Å². The summed E-state index contributed by atoms with van der Waals surface area (Å²) in [7, 11) is -3.84. The van der Waals surface area contributed by atoms with E-state index in [1.54, 1.807) is 54.9 Å². The zero-order chi connectivity index (χ0) is 16.3. The van der Waals surface area contributed by atoms with Gasteiger partial charge in [0.05, 0.1) is 0 Å². The first-order valence-electron chi connectivity index (χ1n) is 6.93. The predicted octanol–water partition coefficient (Wildman–Crippen LogP) is 3.22. The molecule has 0 atom stereocenters. The second-order valence-electron chi connectivity index (χ2n) is 4.95. The van der Waals surface area contributed by atoms with E-state index < -0.39 is 10.1 Å². The number of nitrogens with zero attached hydrogens (tertiary/aromatic N) is 2. The molecule has 0 unspecified atom stereocenters. The normalized spacial score (nSPS) is 11.2. The Kier molecular flexibility index (Phi) is 4.08. The van der Waals surface area contributed by atoms with Gasteiger partial charge in [-0.2, -0.15) is 8.42 Å². The Hall–Kier alpha value is -2.73. The van der Waals surface area contributed by atoms with Crippen LogP contribution >= 0.6 is 0 Å². The highest BCUT2D eigenvalue weighted by Gasteiger charge is 2.16. The van der Waals surface area contributed by atoms with Crippen molar-refractivity contribution in [2.45, 2.75) is 11.8 Å². The van der Waals surface area contributed by atoms with Crippen LogP contribution in [-0.2, 0) is 10.1 Å². The van der Waals surface area contributed by atoms with Crippen molar-refractivity contribution in [2.75, 3.05) is 0 Å². The van der Waals surface area contributed by atoms with Crippen LogP contribution in [0.5, 0.6) is 5.75 Å². The van der Waals surface area contributed by atoms with Gasteiger partial charge in [0.15, 0.2) is 5.82 Å². The van der Waals surface area contributed by atoms with E-state index in [0.29, 0.717) is 5.82 Å². The minimum atomic E-state index is -3.84. The van der Waals surface area contributed by atoms with Crippen molar-refractivity contribution in [3.63, 3.8) is 0 Å². The molecule has 0 fully saturated rings. The summed E-state index contributed by atoms with van der Waals surface area (Å²) in [6.07, 6.45) is 3.29. The molecule has 1 aromatic heterocycles. The lowest BCUT2D eigenvalue weighted by atomic mass is 10.2. The van der Waals surface area contributed by atoms with E-state index in [1.165, 1.54) is 12.1 Å². The van der Waals surface area contributed by atoms with Crippen LogP contribution < -0.4 is 4.18 Å². The van der Waals surface area contributed by atoms with E-state index in [4.69, 9.17) is 4.18 Å². The highest BCUT2D eigenvalue weighted by molar-refractivity contribution is 7.87. The standard InChI is InChI=1S/C17H14N2O3S/c1-13-3-9-16(10-4-13)23(20,21)22-15-7-5-14(6-8-15)17-18-11-2-12-19-17/h2-12H,1H3. The fourth-order valence-electron chi connectivity index (χ4n) is 1.99. The Morgan fingerprint density at radius 1 is 0.870 bits per heavy atom. The first kappa shape index (κ1) is 15.2. The minimum Gasteiger partial charge on any atom is -0.379 e. The van der Waals surface area contributed by atoms with Crippen molar-refractivity contribution in [1.82, 2.24) is 9.97 Å². The Morgan fingerprint density at radius 3 is 2.09 bits per heavy atom. The maximum Gasteiger partial charge on any atom is 0.339 e. The van der Waals surface area contributed by atoms with Crippen LogP contribution in [0.25, 0.3) is 11.4 Å². The SMILES string of the molecule is Cc1ccc(S(=O)(=O)Oc2ccc(-c3ncccn3)cc2)cc1. The Labute approximate surface area is 134 Å². The van der Waals surface area contributed by atoms with E-state index in [-0.39, 0.29) is 10.6 Å². The predicted molar refractivity (Wildman–Crippen MR) is 86.5 cm³/mol. The van der Waals surface area contributed by atoms with Crippen LogP contribution in [0, 0.1) is 6.92 Å². The molecule has 0 aliphatic carbocycles. The third kappa shape index (κ3) is 3.54. The lowest BCUT2D eigenvalue weighted by Gasteiger charge is -2.08. The molecule has 0 saturated heterocycles. The van der Waals surface area contributed by atoms with Crippen molar-refractivity contribution < 1.29 is 12.6 Å². The fourth-order valence-corrected chi connectivity index (χ4v) is 2.92. The molecule has 0 saturated carbocycles. The quantitative estimate of drug-likeness (QED) is 0.689. The maximum absolute atomic E-state index is 12.2. The van der Waals surface area contributed by atoms with E-state index in [9.17, 15) is 8.42 Å². The molecule has 0 N–H and O–H groups in total. The number of benzene rings is 2. The molecule has 5 nitrogen and oxygen atoms in total. The van der Waals surface area contributed by atoms with Gasteiger partial charge in [0.1, 0.15) is 10.6 Å². The van der Waals surface area contributed by atoms with E-state index in [0.717, 1.165) is 11.1 Å². The van der Waals surface area contributed by atoms with Crippen LogP contribution in [-0.4, -0.2) is 18.4 Å². The van der Waals surface area contributed by atoms with Gasteiger partial charge in [-0.15, -0.1) is 0 Å². The molecule has 3 rings (SSSR count). The van der Waals surface area contributed by atoms with Gasteiger partial charge in [0, 0.05) is 18.0 Å². The molecule has 0 aliphatic rings. The van der Waals surface area contributed by atoms with Crippen molar-refractivity contribution in [1.29, 1.82) is 0 Å². The average molecular weight is 326 g/mol. The van der Waals surface area contributed by atoms with Gasteiger partial charge < -0.3 is 4.18 Å². The van der Waals surface area contributed by atoms with Gasteiger partial charge in [-0.1, -0.05) is 17.7 Å². The zero-order valence-corrected chi connectivity index (χ0v) is 13.2. The maximum atomic E-state index is 12.2. The molecule has 0 spiro atoms. The first-order chi connectivity index (χ1) is 11.0. The van der Waals surface area contributed by atoms with Gasteiger partial charge in [-0.25, -0.2) is 9.97 Å². The largest absolute Gasteiger partial charge is 0.379 e. The van der Waals surface area contributed by atoms with Crippen LogP contribution in [0.1, 0.15) is 5.56 Å². The molecule has 1 heterocycles. The molecular formula is C17H14N2O3S. The summed E-state index contributed by atoms with van der Waals surface area (Å²) in [6, 6.07) is 14.8. The average Bonchev–Trinajstić information content (AvgIpc) is 2.56. The third-order valence-corrected chi connectivity index (χ3v) is 4.46. The number of rotatable bonds is 4. The summed E-state index contributed by atoms with van der Waals surface area (Å²) in [4.78, 5) is 8.40. The molecule has 0 aliphatic heterocycles. The zero-order valence-electron chi connectivity index (χ0n) is 12.4. The minimum absolute atomic E-state index is 0.124. The monoisotopic (exact) mass is 326 g/mol. The van der Waals surface area contributed by atoms with Crippen LogP contribution in [0.4, 0.5) is 0 Å². The van der Waals surface area contributed by atoms with Gasteiger partial charge in [-0.3, -0.25) is 0 Å². The number of aryl methyl sites for hydroxylation is 1. The summed E-state index contributed by atoms with van der Waals surface area (Å²) in [6.45, 7) is 1.89. The summed E-state index contributed by atoms with van der Waals surface area (Å²) in [5.41, 5.74) is 1.77. The highest BCUT2D eigenvalue weighted by atomic mass is 32.2. The van der Waals surface area contributed by atoms with Crippen molar-refractivity contribution in [2.24, 2.45) is 0 Å². The molecule has 2 aromatic carbocycles. The second kappa shape index (κ2) is 6.18. The van der Waals surface area contributed by atoms with Gasteiger partial charge in [-0.05, 0) is 49.4 Å². The van der Waals surface area contributed by atoms with Crippen molar-refractivity contribution in [3.8, 4) is 17.1 Å². The third-order valence-electron chi connectivity index (χ3n) is 3.19. The van der Waals surface area contributed by atoms with Crippen LogP contribution in [0.3, 0.4) is 0 Å². The topological polar surface area (TPSA) is 69.2 Å². The highest BCUT2D eigenvalue weighted by Crippen LogP contribution is 2.22. The molecule has 23 heavy (non-hydrogen) atoms. The van der Waals surface area contributed by atoms with E-state index >= 15 is 0 Å². The molecule has 0 bridgehead atoms. The van der Waals surface area contributed by atoms with E-state index in [1.807, 2.05) is 6.92 Å². The number of hydrogen-bond donors (Lipinski definition) is 0. The summed E-state index contributed by atoms with van der Waals surface area (Å²) in [5, 5.41) is 0. The smallest absolute Gasteiger partial charge is 0.339 e. The lowest BCUT2D eigenvalue weighted by molar-refractivity contribution is 0.486. The molecule has 0 amide bonds. The molecular weight excluding hydrogens is 312 g/mol. The first-order valence-corrected chi connectivity index (χ1v) is 8.34. The van der Waals surface area contributed by atoms with Gasteiger partial charge >= 0.3 is 10.1 Å². The second-order valence-corrected chi connectivity index (χ2v) is 6.49. The molecule has 6 heteroatoms. The number of hydrogen-bond acceptors (Lipinski definition) is 5. The Bertz CT molecular complexity index is 891. The molecule has 0 radical (unpaired) electrons. The summed E-state index contributed by atoms with van der Waals surface area (Å²) < 4.78 is 29.6. The van der Waals surface area contributed by atoms with Crippen LogP contribution in [0.15, 0.2) is 71.9 Å². The van der Waals surface area contributed by atoms with Crippen molar-refractivity contribution in [3.05, 3.63) is 72.6 Å². The lowest BCUT2D eigenvalue weighted by Crippen LogP contribution is -2.09. The molecule has 3 aromatic rings. The van der Waals surface area contributed by atoms with Gasteiger partial charge in [0.25, 0.3) is 0 Å². The summed E-state index contributed by atoms with van der Waals surface area (Å²) in [5.74, 6) is 0.811. The number of aromatic nitrogens is 2. The summed E-state index contributed by atoms with van der Waals surface area (Å²) >= 11 is 0. The van der Waals surface area contributed by atoms with Gasteiger partial charge in [0.2, 0.25) is 0 Å². The Balaban J connectivity index is 1.82. The van der Waals surface area contributed by atoms with E-state index in [2.05, 4.69) is 9.97 Å².